The van der Waals surface area contributed by atoms with Crippen LogP contribution in [0, 0.1) is 5.92 Å². The maximum absolute atomic E-state index is 13.4. The molecule has 0 spiro atoms. The number of rotatable bonds is 5. The largest absolute Gasteiger partial charge is 0.493 e. The second-order valence-corrected chi connectivity index (χ2v) is 7.37. The van der Waals surface area contributed by atoms with Crippen LogP contribution in [0.3, 0.4) is 0 Å². The molecule has 1 aromatic carbocycles. The van der Waals surface area contributed by atoms with Crippen molar-refractivity contribution in [3.63, 3.8) is 0 Å². The number of hydrogen-bond donors (Lipinski definition) is 2. The van der Waals surface area contributed by atoms with Crippen molar-refractivity contribution in [3.8, 4) is 16.9 Å². The summed E-state index contributed by atoms with van der Waals surface area (Å²) in [5, 5.41) is 0. The molecule has 0 aliphatic carbocycles. The van der Waals surface area contributed by atoms with Crippen molar-refractivity contribution in [2.24, 2.45) is 11.7 Å². The Balaban J connectivity index is 1.57. The third kappa shape index (κ3) is 3.87. The minimum Gasteiger partial charge on any atom is -0.493 e. The molecule has 3 heterocycles. The average Bonchev–Trinajstić information content (AvgIpc) is 3.29. The van der Waals surface area contributed by atoms with E-state index in [2.05, 4.69) is 0 Å². The number of primary amides is 1. The predicted octanol–water partition coefficient (Wildman–Crippen LogP) is 3.11. The number of hydrogen-bond acceptors (Lipinski definition) is 4. The summed E-state index contributed by atoms with van der Waals surface area (Å²) in [6.07, 6.45) is -1.18. The van der Waals surface area contributed by atoms with Gasteiger partial charge < -0.3 is 20.2 Å². The second kappa shape index (κ2) is 7.22. The minimum atomic E-state index is -4.80. The third-order valence-electron chi connectivity index (χ3n) is 5.45. The van der Waals surface area contributed by atoms with Gasteiger partial charge in [-0.2, -0.15) is 13.2 Å². The number of benzene rings is 1. The van der Waals surface area contributed by atoms with E-state index in [0.29, 0.717) is 24.4 Å². The van der Waals surface area contributed by atoms with Crippen LogP contribution in [0.1, 0.15) is 35.3 Å². The summed E-state index contributed by atoms with van der Waals surface area (Å²) in [6.45, 7) is 0.485. The van der Waals surface area contributed by atoms with Gasteiger partial charge in [-0.3, -0.25) is 9.59 Å². The van der Waals surface area contributed by atoms with Gasteiger partial charge in [-0.25, -0.2) is 0 Å². The minimum absolute atomic E-state index is 0.173. The smallest absolute Gasteiger partial charge is 0.431 e. The molecule has 29 heavy (non-hydrogen) atoms. The van der Waals surface area contributed by atoms with E-state index in [4.69, 9.17) is 15.2 Å². The number of fused-ring (bicyclic) bond motifs is 2. The van der Waals surface area contributed by atoms with Gasteiger partial charge in [-0.05, 0) is 43.0 Å². The van der Waals surface area contributed by atoms with Gasteiger partial charge in [0.05, 0.1) is 18.8 Å². The summed E-state index contributed by atoms with van der Waals surface area (Å²) >= 11 is 0. The van der Waals surface area contributed by atoms with Crippen molar-refractivity contribution in [1.82, 2.24) is 4.98 Å². The van der Waals surface area contributed by atoms with Gasteiger partial charge in [0.15, 0.2) is 0 Å². The standard InChI is InChI=1S/C20H19F3N2O4/c21-20(22,23)17-14(8-15(18(24)26)19(27)25-17)10-1-3-12(4-2-10)28-9-11-7-13-5-6-16(11)29-13/h1-4,8,11,13,16H,5-7,9H2,(H2,24,26)(H,25,27)/t11-,13+,16-/m1/s1. The Hall–Kier alpha value is -2.81. The van der Waals surface area contributed by atoms with Crippen LogP contribution in [0.15, 0.2) is 35.1 Å². The fourth-order valence-electron chi connectivity index (χ4n) is 4.02. The first kappa shape index (κ1) is 19.5. The van der Waals surface area contributed by atoms with E-state index >= 15 is 0 Å². The Labute approximate surface area is 163 Å². The highest BCUT2D eigenvalue weighted by Crippen LogP contribution is 2.39. The van der Waals surface area contributed by atoms with E-state index < -0.39 is 28.9 Å². The second-order valence-electron chi connectivity index (χ2n) is 7.37. The first-order valence-corrected chi connectivity index (χ1v) is 9.25. The number of nitrogens with two attached hydrogens (primary N) is 1. The zero-order chi connectivity index (χ0) is 20.8. The molecule has 2 saturated heterocycles. The number of H-pyrrole nitrogens is 1. The number of carbonyl (C=O) groups excluding carboxylic acids is 1. The molecule has 154 valence electrons. The lowest BCUT2D eigenvalue weighted by molar-refractivity contribution is -0.140. The van der Waals surface area contributed by atoms with E-state index in [-0.39, 0.29) is 17.2 Å². The summed E-state index contributed by atoms with van der Waals surface area (Å²) in [6, 6.07) is 6.87. The zero-order valence-electron chi connectivity index (χ0n) is 15.3. The van der Waals surface area contributed by atoms with E-state index in [1.54, 1.807) is 17.1 Å². The molecule has 0 unspecified atom stereocenters. The highest BCUT2D eigenvalue weighted by Gasteiger charge is 2.41. The molecule has 9 heteroatoms. The number of aromatic nitrogens is 1. The molecule has 0 radical (unpaired) electrons. The van der Waals surface area contributed by atoms with E-state index in [1.807, 2.05) is 0 Å². The predicted molar refractivity (Wildman–Crippen MR) is 97.5 cm³/mol. The van der Waals surface area contributed by atoms with Crippen LogP contribution in [0.4, 0.5) is 13.2 Å². The van der Waals surface area contributed by atoms with Crippen molar-refractivity contribution in [2.75, 3.05) is 6.61 Å². The molecule has 6 nitrogen and oxygen atoms in total. The van der Waals surface area contributed by atoms with Crippen LogP contribution in [-0.2, 0) is 10.9 Å². The fourth-order valence-corrected chi connectivity index (χ4v) is 4.02. The molecule has 4 rings (SSSR count). The van der Waals surface area contributed by atoms with Crippen molar-refractivity contribution >= 4 is 5.91 Å². The van der Waals surface area contributed by atoms with Crippen molar-refractivity contribution in [2.45, 2.75) is 37.6 Å². The Morgan fingerprint density at radius 2 is 1.97 bits per heavy atom. The number of pyridine rings is 1. The highest BCUT2D eigenvalue weighted by atomic mass is 19.4. The maximum atomic E-state index is 13.4. The quantitative estimate of drug-likeness (QED) is 0.795. The molecule has 2 aliphatic heterocycles. The topological polar surface area (TPSA) is 94.4 Å². The van der Waals surface area contributed by atoms with Crippen LogP contribution < -0.4 is 16.0 Å². The number of ether oxygens (including phenoxy) is 2. The Morgan fingerprint density at radius 1 is 1.24 bits per heavy atom. The molecule has 2 bridgehead atoms. The molecule has 2 aromatic rings. The van der Waals surface area contributed by atoms with Crippen LogP contribution >= 0.6 is 0 Å². The van der Waals surface area contributed by atoms with Gasteiger partial charge in [0.25, 0.3) is 11.5 Å². The molecular formula is C20H19F3N2O4. The monoisotopic (exact) mass is 408 g/mol. The van der Waals surface area contributed by atoms with Gasteiger partial charge in [-0.15, -0.1) is 0 Å². The molecule has 0 saturated carbocycles. The molecule has 1 aromatic heterocycles. The summed E-state index contributed by atoms with van der Waals surface area (Å²) in [5.74, 6) is -0.263. The SMILES string of the molecule is NC(=O)c1cc(-c2ccc(OC[C@H]3C[C@@H]4CC[C@H]3O4)cc2)c(C(F)(F)F)[nH]c1=O. The van der Waals surface area contributed by atoms with E-state index in [0.717, 1.165) is 25.3 Å². The van der Waals surface area contributed by atoms with Crippen LogP contribution in [0.5, 0.6) is 5.75 Å². The third-order valence-corrected chi connectivity index (χ3v) is 5.45. The maximum Gasteiger partial charge on any atom is 0.431 e. The van der Waals surface area contributed by atoms with Gasteiger partial charge >= 0.3 is 6.18 Å². The summed E-state index contributed by atoms with van der Waals surface area (Å²) in [7, 11) is 0. The number of alkyl halides is 3. The van der Waals surface area contributed by atoms with Crippen molar-refractivity contribution < 1.29 is 27.4 Å². The Kier molecular flexibility index (Phi) is 4.85. The summed E-state index contributed by atoms with van der Waals surface area (Å²) in [4.78, 5) is 24.9. The van der Waals surface area contributed by atoms with Gasteiger partial charge in [0.1, 0.15) is 17.0 Å². The molecule has 2 aliphatic rings. The Bertz CT molecular complexity index is 985. The lowest BCUT2D eigenvalue weighted by Gasteiger charge is -2.19. The van der Waals surface area contributed by atoms with Crippen LogP contribution in [0.25, 0.3) is 11.1 Å². The van der Waals surface area contributed by atoms with Gasteiger partial charge in [0, 0.05) is 11.5 Å². The molecular weight excluding hydrogens is 389 g/mol. The average molecular weight is 408 g/mol. The summed E-state index contributed by atoms with van der Waals surface area (Å²) in [5.41, 5.74) is 1.99. The van der Waals surface area contributed by atoms with Crippen molar-refractivity contribution in [1.29, 1.82) is 0 Å². The molecule has 3 atom stereocenters. The lowest BCUT2D eigenvalue weighted by atomic mass is 9.90. The number of carbonyl (C=O) groups is 1. The lowest BCUT2D eigenvalue weighted by Crippen LogP contribution is -2.27. The van der Waals surface area contributed by atoms with Crippen LogP contribution in [-0.4, -0.2) is 29.7 Å². The normalized spacial score (nSPS) is 23.3. The summed E-state index contributed by atoms with van der Waals surface area (Å²) < 4.78 is 51.7. The van der Waals surface area contributed by atoms with Crippen LogP contribution in [0.2, 0.25) is 0 Å². The van der Waals surface area contributed by atoms with E-state index in [1.165, 1.54) is 12.1 Å². The zero-order valence-corrected chi connectivity index (χ0v) is 15.3. The Morgan fingerprint density at radius 3 is 2.52 bits per heavy atom. The first-order valence-electron chi connectivity index (χ1n) is 9.25. The van der Waals surface area contributed by atoms with Gasteiger partial charge in [-0.1, -0.05) is 12.1 Å². The number of amides is 1. The highest BCUT2D eigenvalue weighted by molar-refractivity contribution is 5.94. The van der Waals surface area contributed by atoms with E-state index in [9.17, 15) is 22.8 Å². The first-order chi connectivity index (χ1) is 13.7. The molecule has 3 N–H and O–H groups in total. The molecule has 2 fully saturated rings. The number of aromatic amines is 1. The van der Waals surface area contributed by atoms with Crippen molar-refractivity contribution in [3.05, 3.63) is 51.9 Å². The fraction of sp³-hybridized carbons (Fsp3) is 0.400. The number of halogens is 3. The van der Waals surface area contributed by atoms with Gasteiger partial charge in [0.2, 0.25) is 0 Å². The molecule has 1 amide bonds. The number of nitrogens with one attached hydrogen (secondary N) is 1.